The van der Waals surface area contributed by atoms with Crippen molar-refractivity contribution in [2.45, 2.75) is 6.54 Å². The van der Waals surface area contributed by atoms with Crippen molar-refractivity contribution in [1.29, 1.82) is 0 Å². The molecule has 24 heavy (non-hydrogen) atoms. The Morgan fingerprint density at radius 2 is 1.33 bits per heavy atom. The molecule has 0 radical (unpaired) electrons. The second-order valence-electron chi connectivity index (χ2n) is 5.74. The molecule has 0 fully saturated rings. The highest BCUT2D eigenvalue weighted by Crippen LogP contribution is 2.25. The molecule has 0 atom stereocenters. The van der Waals surface area contributed by atoms with Crippen molar-refractivity contribution in [2.75, 3.05) is 0 Å². The second-order valence-corrected chi connectivity index (χ2v) is 5.74. The Bertz CT molecular complexity index is 911. The van der Waals surface area contributed by atoms with E-state index in [1.165, 1.54) is 27.8 Å². The van der Waals surface area contributed by atoms with E-state index in [-0.39, 0.29) is 0 Å². The fourth-order valence-corrected chi connectivity index (χ4v) is 2.84. The number of benzene rings is 3. The topological polar surface area (TPSA) is 30.7 Å². The monoisotopic (exact) mass is 311 g/mol. The Morgan fingerprint density at radius 1 is 0.667 bits per heavy atom. The molecule has 0 unspecified atom stereocenters. The Kier molecular flexibility index (Phi) is 3.90. The molecule has 1 aromatic heterocycles. The summed E-state index contributed by atoms with van der Waals surface area (Å²) in [5, 5.41) is 4.16. The van der Waals surface area contributed by atoms with Crippen molar-refractivity contribution in [1.82, 2.24) is 14.8 Å². The quantitative estimate of drug-likeness (QED) is 0.549. The van der Waals surface area contributed by atoms with E-state index in [1.54, 1.807) is 12.7 Å². The normalized spacial score (nSPS) is 10.7. The van der Waals surface area contributed by atoms with Crippen LogP contribution in [0.3, 0.4) is 0 Å². The second kappa shape index (κ2) is 6.50. The SMILES string of the molecule is c1ccc(-c2ccc(-c3cccc(Cn4cncn4)c3)cc2)cc1. The molecule has 0 N–H and O–H groups in total. The highest BCUT2D eigenvalue weighted by Gasteiger charge is 2.02. The Labute approximate surface area is 141 Å². The van der Waals surface area contributed by atoms with Crippen molar-refractivity contribution in [3.63, 3.8) is 0 Å². The molecular weight excluding hydrogens is 294 g/mol. The van der Waals surface area contributed by atoms with Crippen LogP contribution in [0.2, 0.25) is 0 Å². The Hall–Kier alpha value is -3.20. The van der Waals surface area contributed by atoms with E-state index in [9.17, 15) is 0 Å². The van der Waals surface area contributed by atoms with Crippen molar-refractivity contribution in [2.24, 2.45) is 0 Å². The van der Waals surface area contributed by atoms with Gasteiger partial charge in [-0.15, -0.1) is 0 Å². The van der Waals surface area contributed by atoms with E-state index in [0.717, 1.165) is 6.54 Å². The smallest absolute Gasteiger partial charge is 0.137 e. The number of aromatic nitrogens is 3. The first kappa shape index (κ1) is 14.4. The zero-order valence-corrected chi connectivity index (χ0v) is 13.2. The van der Waals surface area contributed by atoms with Crippen LogP contribution in [-0.2, 0) is 6.54 Å². The van der Waals surface area contributed by atoms with Gasteiger partial charge in [0.05, 0.1) is 6.54 Å². The standard InChI is InChI=1S/C21H17N3/c1-2-6-18(7-3-1)19-9-11-20(12-10-19)21-8-4-5-17(13-21)14-24-16-22-15-23-24/h1-13,15-16H,14H2. The lowest BCUT2D eigenvalue weighted by Crippen LogP contribution is -1.99. The first-order valence-electron chi connectivity index (χ1n) is 7.96. The lowest BCUT2D eigenvalue weighted by Gasteiger charge is -2.07. The summed E-state index contributed by atoms with van der Waals surface area (Å²) in [6, 6.07) is 27.7. The van der Waals surface area contributed by atoms with Crippen LogP contribution < -0.4 is 0 Å². The van der Waals surface area contributed by atoms with Crippen LogP contribution in [0, 0.1) is 0 Å². The molecular formula is C21H17N3. The Morgan fingerprint density at radius 3 is 2.04 bits per heavy atom. The minimum atomic E-state index is 0.732. The van der Waals surface area contributed by atoms with E-state index < -0.39 is 0 Å². The predicted molar refractivity (Wildman–Crippen MR) is 96.4 cm³/mol. The molecule has 0 spiro atoms. The molecule has 116 valence electrons. The minimum absolute atomic E-state index is 0.732. The molecule has 0 saturated heterocycles. The maximum atomic E-state index is 4.16. The maximum absolute atomic E-state index is 4.16. The molecule has 3 heteroatoms. The average Bonchev–Trinajstić information content (AvgIpc) is 3.16. The van der Waals surface area contributed by atoms with Gasteiger partial charge in [0.2, 0.25) is 0 Å². The average molecular weight is 311 g/mol. The summed E-state index contributed by atoms with van der Waals surface area (Å²) in [4.78, 5) is 3.99. The molecule has 3 aromatic carbocycles. The van der Waals surface area contributed by atoms with Crippen LogP contribution in [0.1, 0.15) is 5.56 Å². The predicted octanol–water partition coefficient (Wildman–Crippen LogP) is 4.66. The minimum Gasteiger partial charge on any atom is -0.249 e. The van der Waals surface area contributed by atoms with Gasteiger partial charge in [-0.25, -0.2) is 9.67 Å². The highest BCUT2D eigenvalue weighted by molar-refractivity contribution is 5.70. The van der Waals surface area contributed by atoms with Crippen molar-refractivity contribution < 1.29 is 0 Å². The summed E-state index contributed by atoms with van der Waals surface area (Å²) >= 11 is 0. The summed E-state index contributed by atoms with van der Waals surface area (Å²) in [6.45, 7) is 0.732. The number of hydrogen-bond acceptors (Lipinski definition) is 2. The van der Waals surface area contributed by atoms with Gasteiger partial charge in [0, 0.05) is 0 Å². The van der Waals surface area contributed by atoms with Crippen molar-refractivity contribution in [3.8, 4) is 22.3 Å². The van der Waals surface area contributed by atoms with E-state index >= 15 is 0 Å². The van der Waals surface area contributed by atoms with Crippen LogP contribution in [-0.4, -0.2) is 14.8 Å². The third kappa shape index (κ3) is 3.10. The lowest BCUT2D eigenvalue weighted by atomic mass is 9.99. The zero-order valence-electron chi connectivity index (χ0n) is 13.2. The summed E-state index contributed by atoms with van der Waals surface area (Å²) in [5.41, 5.74) is 6.12. The molecule has 0 saturated carbocycles. The first-order valence-corrected chi connectivity index (χ1v) is 7.96. The van der Waals surface area contributed by atoms with Crippen LogP contribution in [0.15, 0.2) is 91.5 Å². The highest BCUT2D eigenvalue weighted by atomic mass is 15.3. The van der Waals surface area contributed by atoms with Gasteiger partial charge in [0.1, 0.15) is 12.7 Å². The van der Waals surface area contributed by atoms with Crippen molar-refractivity contribution in [3.05, 3.63) is 97.1 Å². The molecule has 3 nitrogen and oxygen atoms in total. The fourth-order valence-electron chi connectivity index (χ4n) is 2.84. The van der Waals surface area contributed by atoms with Gasteiger partial charge in [0.25, 0.3) is 0 Å². The van der Waals surface area contributed by atoms with E-state index in [1.807, 2.05) is 10.7 Å². The van der Waals surface area contributed by atoms with Gasteiger partial charge in [-0.2, -0.15) is 5.10 Å². The Balaban J connectivity index is 1.60. The summed E-state index contributed by atoms with van der Waals surface area (Å²) in [5.74, 6) is 0. The summed E-state index contributed by atoms with van der Waals surface area (Å²) in [7, 11) is 0. The molecule has 0 bridgehead atoms. The van der Waals surface area contributed by atoms with Gasteiger partial charge in [-0.05, 0) is 33.9 Å². The van der Waals surface area contributed by atoms with E-state index in [0.29, 0.717) is 0 Å². The molecule has 0 aliphatic carbocycles. The number of rotatable bonds is 4. The molecule has 4 rings (SSSR count). The van der Waals surface area contributed by atoms with Gasteiger partial charge >= 0.3 is 0 Å². The molecule has 0 amide bonds. The largest absolute Gasteiger partial charge is 0.249 e. The van der Waals surface area contributed by atoms with Gasteiger partial charge < -0.3 is 0 Å². The summed E-state index contributed by atoms with van der Waals surface area (Å²) in [6.07, 6.45) is 3.30. The first-order chi connectivity index (χ1) is 11.9. The van der Waals surface area contributed by atoms with Crippen LogP contribution in [0.5, 0.6) is 0 Å². The number of hydrogen-bond donors (Lipinski definition) is 0. The lowest BCUT2D eigenvalue weighted by molar-refractivity contribution is 0.685. The third-order valence-electron chi connectivity index (χ3n) is 4.06. The maximum Gasteiger partial charge on any atom is 0.137 e. The van der Waals surface area contributed by atoms with Crippen LogP contribution in [0.25, 0.3) is 22.3 Å². The molecule has 0 aliphatic rings. The van der Waals surface area contributed by atoms with Gasteiger partial charge in [0.15, 0.2) is 0 Å². The summed E-state index contributed by atoms with van der Waals surface area (Å²) < 4.78 is 1.83. The third-order valence-corrected chi connectivity index (χ3v) is 4.06. The van der Waals surface area contributed by atoms with E-state index in [4.69, 9.17) is 0 Å². The van der Waals surface area contributed by atoms with Crippen molar-refractivity contribution >= 4 is 0 Å². The molecule has 0 aliphatic heterocycles. The fraction of sp³-hybridized carbons (Fsp3) is 0.0476. The zero-order chi connectivity index (χ0) is 16.2. The number of nitrogens with zero attached hydrogens (tertiary/aromatic N) is 3. The van der Waals surface area contributed by atoms with E-state index in [2.05, 4.69) is 82.9 Å². The van der Waals surface area contributed by atoms with Gasteiger partial charge in [-0.1, -0.05) is 72.8 Å². The molecule has 1 heterocycles. The van der Waals surface area contributed by atoms with Crippen LogP contribution >= 0.6 is 0 Å². The molecule has 4 aromatic rings. The van der Waals surface area contributed by atoms with Crippen LogP contribution in [0.4, 0.5) is 0 Å². The van der Waals surface area contributed by atoms with Gasteiger partial charge in [-0.3, -0.25) is 0 Å².